The van der Waals surface area contributed by atoms with Crippen LogP contribution in [-0.4, -0.2) is 48.4 Å². The van der Waals surface area contributed by atoms with E-state index in [1.54, 1.807) is 0 Å². The van der Waals surface area contributed by atoms with E-state index in [1.807, 2.05) is 32.3 Å². The van der Waals surface area contributed by atoms with Gasteiger partial charge in [-0.1, -0.05) is 30.3 Å². The third-order valence-corrected chi connectivity index (χ3v) is 4.27. The molecule has 3 nitrogen and oxygen atoms in total. The average molecular weight is 274 g/mol. The van der Waals surface area contributed by atoms with Crippen molar-refractivity contribution in [1.29, 1.82) is 0 Å². The van der Waals surface area contributed by atoms with Gasteiger partial charge in [0.15, 0.2) is 0 Å². The second kappa shape index (κ2) is 6.89. The summed E-state index contributed by atoms with van der Waals surface area (Å²) >= 11 is 0. The van der Waals surface area contributed by atoms with Crippen LogP contribution in [0.15, 0.2) is 30.3 Å². The number of amides is 1. The van der Waals surface area contributed by atoms with Crippen molar-refractivity contribution in [2.75, 3.05) is 20.6 Å². The predicted octanol–water partition coefficient (Wildman–Crippen LogP) is 2.56. The van der Waals surface area contributed by atoms with Crippen LogP contribution < -0.4 is 0 Å². The van der Waals surface area contributed by atoms with Gasteiger partial charge in [0.05, 0.1) is 6.04 Å². The van der Waals surface area contributed by atoms with Gasteiger partial charge in [0.2, 0.25) is 5.91 Å². The van der Waals surface area contributed by atoms with Gasteiger partial charge in [-0.15, -0.1) is 0 Å². The maximum Gasteiger partial charge on any atom is 0.240 e. The molecule has 1 aliphatic heterocycles. The summed E-state index contributed by atoms with van der Waals surface area (Å²) in [5.74, 6) is 0.283. The molecule has 110 valence electrons. The zero-order valence-corrected chi connectivity index (χ0v) is 12.9. The summed E-state index contributed by atoms with van der Waals surface area (Å²) in [5, 5.41) is 0. The Morgan fingerprint density at radius 2 is 2.00 bits per heavy atom. The summed E-state index contributed by atoms with van der Waals surface area (Å²) in [6.07, 6.45) is 4.31. The molecule has 1 saturated heterocycles. The highest BCUT2D eigenvalue weighted by molar-refractivity contribution is 5.82. The molecule has 2 rings (SSSR count). The van der Waals surface area contributed by atoms with Gasteiger partial charge in [-0.25, -0.2) is 0 Å². The molecule has 20 heavy (non-hydrogen) atoms. The van der Waals surface area contributed by atoms with Crippen molar-refractivity contribution in [2.24, 2.45) is 0 Å². The maximum atomic E-state index is 12.8. The molecule has 0 radical (unpaired) electrons. The summed E-state index contributed by atoms with van der Waals surface area (Å²) in [6.45, 7) is 3.09. The smallest absolute Gasteiger partial charge is 0.240 e. The fraction of sp³-hybridized carbons (Fsp3) is 0.588. The van der Waals surface area contributed by atoms with E-state index in [0.29, 0.717) is 6.04 Å². The van der Waals surface area contributed by atoms with Gasteiger partial charge in [-0.05, 0) is 52.3 Å². The largest absolute Gasteiger partial charge is 0.339 e. The summed E-state index contributed by atoms with van der Waals surface area (Å²) < 4.78 is 0. The lowest BCUT2D eigenvalue weighted by Crippen LogP contribution is -2.51. The molecule has 0 unspecified atom stereocenters. The summed E-state index contributed by atoms with van der Waals surface area (Å²) in [4.78, 5) is 17.0. The summed E-state index contributed by atoms with van der Waals surface area (Å²) in [6, 6.07) is 10.6. The van der Waals surface area contributed by atoms with E-state index in [0.717, 1.165) is 25.8 Å². The first-order valence-electron chi connectivity index (χ1n) is 7.60. The van der Waals surface area contributed by atoms with Crippen LogP contribution in [-0.2, 0) is 11.2 Å². The highest BCUT2D eigenvalue weighted by atomic mass is 16.2. The SMILES string of the molecule is C[C@H]1CCCCN1C(=O)[C@H](Cc1ccccc1)N(C)C. The molecule has 0 bridgehead atoms. The molecule has 0 aromatic heterocycles. The highest BCUT2D eigenvalue weighted by Crippen LogP contribution is 2.19. The topological polar surface area (TPSA) is 23.6 Å². The number of likely N-dealkylation sites (N-methyl/N-ethyl adjacent to an activating group) is 1. The van der Waals surface area contributed by atoms with Crippen molar-refractivity contribution in [3.05, 3.63) is 35.9 Å². The van der Waals surface area contributed by atoms with E-state index >= 15 is 0 Å². The van der Waals surface area contributed by atoms with E-state index < -0.39 is 0 Å². The molecule has 0 spiro atoms. The van der Waals surface area contributed by atoms with Gasteiger partial charge in [0, 0.05) is 12.6 Å². The number of nitrogens with zero attached hydrogens (tertiary/aromatic N) is 2. The van der Waals surface area contributed by atoms with Crippen molar-refractivity contribution in [3.8, 4) is 0 Å². The second-order valence-electron chi connectivity index (χ2n) is 6.05. The van der Waals surface area contributed by atoms with Gasteiger partial charge < -0.3 is 4.90 Å². The van der Waals surface area contributed by atoms with Crippen LogP contribution in [0.4, 0.5) is 0 Å². The Labute approximate surface area is 122 Å². The molecule has 1 aliphatic rings. The van der Waals surface area contributed by atoms with Crippen molar-refractivity contribution in [2.45, 2.75) is 44.7 Å². The number of likely N-dealkylation sites (tertiary alicyclic amines) is 1. The van der Waals surface area contributed by atoms with Gasteiger partial charge in [0.25, 0.3) is 0 Å². The highest BCUT2D eigenvalue weighted by Gasteiger charge is 2.30. The minimum atomic E-state index is -0.0575. The molecule has 2 atom stereocenters. The summed E-state index contributed by atoms with van der Waals surface area (Å²) in [7, 11) is 4.00. The number of benzene rings is 1. The van der Waals surface area contributed by atoms with E-state index in [-0.39, 0.29) is 11.9 Å². The normalized spacial score (nSPS) is 21.0. The molecule has 1 aromatic carbocycles. The lowest BCUT2D eigenvalue weighted by molar-refractivity contribution is -0.139. The zero-order valence-electron chi connectivity index (χ0n) is 12.9. The second-order valence-corrected chi connectivity index (χ2v) is 6.05. The molecule has 0 saturated carbocycles. The van der Waals surface area contributed by atoms with Crippen LogP contribution in [0.2, 0.25) is 0 Å². The zero-order chi connectivity index (χ0) is 14.5. The van der Waals surface area contributed by atoms with Gasteiger partial charge in [0.1, 0.15) is 0 Å². The first kappa shape index (κ1) is 15.0. The summed E-state index contributed by atoms with van der Waals surface area (Å²) in [5.41, 5.74) is 1.23. The molecule has 1 heterocycles. The molecule has 0 N–H and O–H groups in total. The first-order valence-corrected chi connectivity index (χ1v) is 7.60. The number of rotatable bonds is 4. The van der Waals surface area contributed by atoms with E-state index in [4.69, 9.17) is 0 Å². The molecular weight excluding hydrogens is 248 g/mol. The number of carbonyl (C=O) groups excluding carboxylic acids is 1. The van der Waals surface area contributed by atoms with Gasteiger partial charge in [-0.3, -0.25) is 9.69 Å². The van der Waals surface area contributed by atoms with E-state index in [9.17, 15) is 4.79 Å². The average Bonchev–Trinajstić information content (AvgIpc) is 2.45. The first-order chi connectivity index (χ1) is 9.59. The van der Waals surface area contributed by atoms with Crippen molar-refractivity contribution in [3.63, 3.8) is 0 Å². The molecular formula is C17H26N2O. The van der Waals surface area contributed by atoms with E-state index in [1.165, 1.54) is 12.0 Å². The number of hydrogen-bond acceptors (Lipinski definition) is 2. The van der Waals surface area contributed by atoms with Gasteiger partial charge in [-0.2, -0.15) is 0 Å². The molecule has 0 aliphatic carbocycles. The lowest BCUT2D eigenvalue weighted by Gasteiger charge is -2.37. The minimum absolute atomic E-state index is 0.0575. The Hall–Kier alpha value is -1.35. The molecule has 1 fully saturated rings. The van der Waals surface area contributed by atoms with Crippen LogP contribution in [0.3, 0.4) is 0 Å². The molecule has 1 aromatic rings. The van der Waals surface area contributed by atoms with Crippen LogP contribution in [0.25, 0.3) is 0 Å². The Morgan fingerprint density at radius 1 is 1.30 bits per heavy atom. The molecule has 3 heteroatoms. The Bertz CT molecular complexity index is 430. The Kier molecular flexibility index (Phi) is 5.18. The van der Waals surface area contributed by atoms with E-state index in [2.05, 4.69) is 28.9 Å². The van der Waals surface area contributed by atoms with Crippen molar-refractivity contribution in [1.82, 2.24) is 9.80 Å². The Morgan fingerprint density at radius 3 is 2.60 bits per heavy atom. The van der Waals surface area contributed by atoms with Crippen LogP contribution in [0.5, 0.6) is 0 Å². The lowest BCUT2D eigenvalue weighted by atomic mass is 9.99. The van der Waals surface area contributed by atoms with Crippen LogP contribution in [0, 0.1) is 0 Å². The number of piperidine rings is 1. The minimum Gasteiger partial charge on any atom is -0.339 e. The fourth-order valence-corrected chi connectivity index (χ4v) is 2.95. The standard InChI is InChI=1S/C17H26N2O/c1-14-9-7-8-12-19(14)17(20)16(18(2)3)13-15-10-5-4-6-11-15/h4-6,10-11,14,16H,7-9,12-13H2,1-3H3/t14-,16-/m0/s1. The van der Waals surface area contributed by atoms with Crippen LogP contribution >= 0.6 is 0 Å². The number of carbonyl (C=O) groups is 1. The predicted molar refractivity (Wildman–Crippen MR) is 82.6 cm³/mol. The van der Waals surface area contributed by atoms with Crippen molar-refractivity contribution < 1.29 is 4.79 Å². The molecule has 1 amide bonds. The van der Waals surface area contributed by atoms with Gasteiger partial charge >= 0.3 is 0 Å². The third-order valence-electron chi connectivity index (χ3n) is 4.27. The monoisotopic (exact) mass is 274 g/mol. The number of hydrogen-bond donors (Lipinski definition) is 0. The van der Waals surface area contributed by atoms with Crippen LogP contribution in [0.1, 0.15) is 31.7 Å². The Balaban J connectivity index is 2.09. The third kappa shape index (κ3) is 3.60. The quantitative estimate of drug-likeness (QED) is 0.842. The maximum absolute atomic E-state index is 12.8. The fourth-order valence-electron chi connectivity index (χ4n) is 2.95. The van der Waals surface area contributed by atoms with Crippen molar-refractivity contribution >= 4 is 5.91 Å².